The highest BCUT2D eigenvalue weighted by atomic mass is 79.9. The maximum atomic E-state index is 11.5. The van der Waals surface area contributed by atoms with E-state index in [4.69, 9.17) is 4.42 Å². The normalized spacial score (nSPS) is 31.6. The van der Waals surface area contributed by atoms with Crippen LogP contribution >= 0.6 is 15.9 Å². The Bertz CT molecular complexity index is 369. The molecule has 2 atom stereocenters. The number of halogens is 1. The van der Waals surface area contributed by atoms with E-state index in [1.807, 2.05) is 19.1 Å². The second kappa shape index (κ2) is 3.23. The lowest BCUT2D eigenvalue weighted by Crippen LogP contribution is -2.45. The fourth-order valence-corrected chi connectivity index (χ4v) is 2.40. The summed E-state index contributed by atoms with van der Waals surface area (Å²) in [5.74, 6) is 1.56. The average molecular weight is 257 g/mol. The van der Waals surface area contributed by atoms with Gasteiger partial charge in [-0.3, -0.25) is 4.79 Å². The molecule has 1 aliphatic rings. The Kier molecular flexibility index (Phi) is 2.30. The molecule has 2 nitrogen and oxygen atoms in total. The van der Waals surface area contributed by atoms with Gasteiger partial charge in [-0.05, 0) is 34.5 Å². The van der Waals surface area contributed by atoms with Crippen molar-refractivity contribution in [3.63, 3.8) is 0 Å². The van der Waals surface area contributed by atoms with Crippen LogP contribution < -0.4 is 0 Å². The number of Topliss-reactive ketones (excluding diaryl/α,β-unsaturated/α-hetero) is 1. The number of rotatable bonds is 2. The molecule has 0 radical (unpaired) electrons. The van der Waals surface area contributed by atoms with E-state index in [9.17, 15) is 4.79 Å². The van der Waals surface area contributed by atoms with Crippen molar-refractivity contribution < 1.29 is 9.21 Å². The minimum atomic E-state index is -0.197. The second-order valence-electron chi connectivity index (χ2n) is 4.09. The van der Waals surface area contributed by atoms with Gasteiger partial charge in [0.25, 0.3) is 0 Å². The quantitative estimate of drug-likeness (QED) is 0.811. The Morgan fingerprint density at radius 2 is 2.36 bits per heavy atom. The van der Waals surface area contributed by atoms with E-state index in [2.05, 4.69) is 22.9 Å². The summed E-state index contributed by atoms with van der Waals surface area (Å²) in [6, 6.07) is 3.84. The summed E-state index contributed by atoms with van der Waals surface area (Å²) in [5, 5.41) is 0. The molecule has 1 heterocycles. The molecule has 1 aromatic rings. The first-order chi connectivity index (χ1) is 6.58. The topological polar surface area (TPSA) is 30.2 Å². The van der Waals surface area contributed by atoms with Crippen LogP contribution in [0.25, 0.3) is 0 Å². The van der Waals surface area contributed by atoms with Crippen LogP contribution in [-0.2, 0) is 4.79 Å². The van der Waals surface area contributed by atoms with E-state index in [0.717, 1.165) is 16.9 Å². The van der Waals surface area contributed by atoms with Gasteiger partial charge < -0.3 is 4.42 Å². The predicted molar refractivity (Wildman–Crippen MR) is 57.2 cm³/mol. The Labute approximate surface area is 91.8 Å². The Morgan fingerprint density at radius 3 is 2.79 bits per heavy atom. The maximum Gasteiger partial charge on any atom is 0.169 e. The minimum absolute atomic E-state index is 0.197. The number of hydrogen-bond donors (Lipinski definition) is 0. The van der Waals surface area contributed by atoms with Crippen molar-refractivity contribution in [1.82, 2.24) is 0 Å². The van der Waals surface area contributed by atoms with Gasteiger partial charge in [-0.25, -0.2) is 0 Å². The van der Waals surface area contributed by atoms with Crippen molar-refractivity contribution >= 4 is 21.7 Å². The number of carbonyl (C=O) groups excluding carboxylic acids is 1. The molecular formula is C11H13BrO2. The standard InChI is InChI=1S/C11H13BrO2/c1-3-11(2)7(6-9(11)13)8-4-5-10(12)14-8/h4-5,7H,3,6H2,1-2H3. The lowest BCUT2D eigenvalue weighted by molar-refractivity contribution is -0.140. The second-order valence-corrected chi connectivity index (χ2v) is 4.87. The van der Waals surface area contributed by atoms with Crippen LogP contribution in [0.3, 0.4) is 0 Å². The number of carbonyl (C=O) groups is 1. The maximum absolute atomic E-state index is 11.5. The third kappa shape index (κ3) is 1.26. The molecule has 1 fully saturated rings. The lowest BCUT2D eigenvalue weighted by Gasteiger charge is -2.43. The van der Waals surface area contributed by atoms with Crippen LogP contribution in [-0.4, -0.2) is 5.78 Å². The molecule has 14 heavy (non-hydrogen) atoms. The van der Waals surface area contributed by atoms with Gasteiger partial charge in [0.2, 0.25) is 0 Å². The van der Waals surface area contributed by atoms with Crippen LogP contribution in [0.4, 0.5) is 0 Å². The first-order valence-electron chi connectivity index (χ1n) is 4.86. The van der Waals surface area contributed by atoms with Gasteiger partial charge in [0, 0.05) is 17.8 Å². The van der Waals surface area contributed by atoms with Gasteiger partial charge in [0.1, 0.15) is 11.5 Å². The van der Waals surface area contributed by atoms with Gasteiger partial charge in [0.05, 0.1) is 0 Å². The summed E-state index contributed by atoms with van der Waals surface area (Å²) in [4.78, 5) is 11.5. The molecule has 2 rings (SSSR count). The van der Waals surface area contributed by atoms with Crippen molar-refractivity contribution in [2.75, 3.05) is 0 Å². The average Bonchev–Trinajstić information content (AvgIpc) is 2.59. The zero-order valence-electron chi connectivity index (χ0n) is 8.34. The Hall–Kier alpha value is -0.570. The molecule has 0 aliphatic heterocycles. The minimum Gasteiger partial charge on any atom is -0.454 e. The molecule has 0 bridgehead atoms. The van der Waals surface area contributed by atoms with Crippen molar-refractivity contribution in [2.24, 2.45) is 5.41 Å². The van der Waals surface area contributed by atoms with Crippen LogP contribution in [0.2, 0.25) is 0 Å². The number of hydrogen-bond acceptors (Lipinski definition) is 2. The van der Waals surface area contributed by atoms with Crippen LogP contribution in [0.1, 0.15) is 38.4 Å². The van der Waals surface area contributed by atoms with Gasteiger partial charge in [-0.2, -0.15) is 0 Å². The molecular weight excluding hydrogens is 244 g/mol. The third-order valence-corrected chi connectivity index (χ3v) is 3.89. The third-order valence-electron chi connectivity index (χ3n) is 3.47. The van der Waals surface area contributed by atoms with Gasteiger partial charge in [0.15, 0.2) is 4.67 Å². The predicted octanol–water partition coefficient (Wildman–Crippen LogP) is 3.51. The van der Waals surface area contributed by atoms with E-state index in [1.54, 1.807) is 0 Å². The zero-order chi connectivity index (χ0) is 10.3. The molecule has 0 saturated heterocycles. The molecule has 1 aliphatic carbocycles. The Morgan fingerprint density at radius 1 is 1.64 bits per heavy atom. The van der Waals surface area contributed by atoms with Crippen molar-refractivity contribution in [2.45, 2.75) is 32.6 Å². The highest BCUT2D eigenvalue weighted by molar-refractivity contribution is 9.10. The van der Waals surface area contributed by atoms with Crippen LogP contribution in [0.15, 0.2) is 21.2 Å². The summed E-state index contributed by atoms with van der Waals surface area (Å²) >= 11 is 3.28. The zero-order valence-corrected chi connectivity index (χ0v) is 9.93. The van der Waals surface area contributed by atoms with E-state index >= 15 is 0 Å². The Balaban J connectivity index is 2.26. The van der Waals surface area contributed by atoms with Gasteiger partial charge in [-0.15, -0.1) is 0 Å². The number of furan rings is 1. The van der Waals surface area contributed by atoms with Crippen molar-refractivity contribution in [1.29, 1.82) is 0 Å². The van der Waals surface area contributed by atoms with E-state index in [-0.39, 0.29) is 11.3 Å². The molecule has 3 heteroatoms. The summed E-state index contributed by atoms with van der Waals surface area (Å²) in [6.45, 7) is 4.09. The van der Waals surface area contributed by atoms with E-state index in [0.29, 0.717) is 12.2 Å². The summed E-state index contributed by atoms with van der Waals surface area (Å²) < 4.78 is 6.24. The molecule has 2 unspecified atom stereocenters. The highest BCUT2D eigenvalue weighted by Gasteiger charge is 2.51. The fraction of sp³-hybridized carbons (Fsp3) is 0.545. The molecule has 0 amide bonds. The van der Waals surface area contributed by atoms with Crippen LogP contribution in [0.5, 0.6) is 0 Å². The highest BCUT2D eigenvalue weighted by Crippen LogP contribution is 2.52. The van der Waals surface area contributed by atoms with E-state index in [1.165, 1.54) is 0 Å². The molecule has 0 spiro atoms. The van der Waals surface area contributed by atoms with Crippen molar-refractivity contribution in [3.8, 4) is 0 Å². The van der Waals surface area contributed by atoms with Crippen LogP contribution in [0, 0.1) is 5.41 Å². The monoisotopic (exact) mass is 256 g/mol. The first-order valence-corrected chi connectivity index (χ1v) is 5.65. The van der Waals surface area contributed by atoms with Crippen molar-refractivity contribution in [3.05, 3.63) is 22.6 Å². The van der Waals surface area contributed by atoms with Gasteiger partial charge >= 0.3 is 0 Å². The molecule has 1 saturated carbocycles. The van der Waals surface area contributed by atoms with E-state index < -0.39 is 0 Å². The smallest absolute Gasteiger partial charge is 0.169 e. The summed E-state index contributed by atoms with van der Waals surface area (Å²) in [7, 11) is 0. The fourth-order valence-electron chi connectivity index (χ4n) is 2.08. The molecule has 0 N–H and O–H groups in total. The molecule has 0 aromatic carbocycles. The first kappa shape index (κ1) is 9.97. The summed E-state index contributed by atoms with van der Waals surface area (Å²) in [6.07, 6.45) is 1.51. The lowest BCUT2D eigenvalue weighted by atomic mass is 9.58. The molecule has 1 aromatic heterocycles. The molecule has 76 valence electrons. The largest absolute Gasteiger partial charge is 0.454 e. The summed E-state index contributed by atoms with van der Waals surface area (Å²) in [5.41, 5.74) is -0.197. The SMILES string of the molecule is CCC1(C)C(=O)CC1c1ccc(Br)o1. The number of ketones is 1. The van der Waals surface area contributed by atoms with Gasteiger partial charge in [-0.1, -0.05) is 13.8 Å².